The first-order chi connectivity index (χ1) is 8.95. The van der Waals surface area contributed by atoms with Crippen molar-refractivity contribution < 1.29 is 14.6 Å². The Morgan fingerprint density at radius 2 is 2.05 bits per heavy atom. The number of hydrogen-bond acceptors (Lipinski definition) is 3. The number of nitrogens with zero attached hydrogens (tertiary/aromatic N) is 1. The van der Waals surface area contributed by atoms with E-state index in [1.807, 2.05) is 37.9 Å². The highest BCUT2D eigenvalue weighted by Gasteiger charge is 2.37. The smallest absolute Gasteiger partial charge is 0.325 e. The molecule has 19 heavy (non-hydrogen) atoms. The van der Waals surface area contributed by atoms with E-state index in [1.165, 1.54) is 0 Å². The normalized spacial score (nSPS) is 16.5. The number of methoxy groups -OCH3 is 1. The molecular weight excluding hydrogens is 242 g/mol. The molecule has 1 saturated carbocycles. The molecule has 1 aliphatic carbocycles. The van der Waals surface area contributed by atoms with Gasteiger partial charge in [0.25, 0.3) is 0 Å². The Balaban J connectivity index is 2.49. The van der Waals surface area contributed by atoms with Crippen LogP contribution < -0.4 is 4.74 Å². The number of benzene rings is 1. The van der Waals surface area contributed by atoms with Crippen molar-refractivity contribution in [1.29, 1.82) is 0 Å². The van der Waals surface area contributed by atoms with E-state index in [-0.39, 0.29) is 0 Å². The van der Waals surface area contributed by atoms with Crippen molar-refractivity contribution in [2.45, 2.75) is 38.8 Å². The quantitative estimate of drug-likeness (QED) is 0.887. The van der Waals surface area contributed by atoms with Gasteiger partial charge in [-0.3, -0.25) is 9.69 Å². The summed E-state index contributed by atoms with van der Waals surface area (Å²) in [5.41, 5.74) is 2.82. The maximum Gasteiger partial charge on any atom is 0.325 e. The van der Waals surface area contributed by atoms with Crippen LogP contribution in [0.3, 0.4) is 0 Å². The van der Waals surface area contributed by atoms with Crippen molar-refractivity contribution in [3.05, 3.63) is 28.8 Å². The van der Waals surface area contributed by atoms with E-state index >= 15 is 0 Å². The molecule has 4 nitrogen and oxygen atoms in total. The SMILES string of the molecule is COc1cc(C)cc(C)c1C(C(=O)O)N(C)C1CC1. The summed E-state index contributed by atoms with van der Waals surface area (Å²) < 4.78 is 5.40. The molecule has 0 aromatic heterocycles. The van der Waals surface area contributed by atoms with Gasteiger partial charge in [-0.05, 0) is 50.9 Å². The van der Waals surface area contributed by atoms with Crippen molar-refractivity contribution in [2.75, 3.05) is 14.2 Å². The summed E-state index contributed by atoms with van der Waals surface area (Å²) >= 11 is 0. The molecule has 1 N–H and O–H groups in total. The summed E-state index contributed by atoms with van der Waals surface area (Å²) in [5, 5.41) is 9.59. The monoisotopic (exact) mass is 263 g/mol. The summed E-state index contributed by atoms with van der Waals surface area (Å²) in [6, 6.07) is 3.66. The Hall–Kier alpha value is -1.55. The molecule has 1 unspecified atom stereocenters. The van der Waals surface area contributed by atoms with Gasteiger partial charge in [-0.25, -0.2) is 0 Å². The summed E-state index contributed by atoms with van der Waals surface area (Å²) in [5.74, 6) is -0.156. The molecular formula is C15H21NO3. The predicted molar refractivity (Wildman–Crippen MR) is 73.6 cm³/mol. The topological polar surface area (TPSA) is 49.8 Å². The van der Waals surface area contributed by atoms with E-state index in [4.69, 9.17) is 4.74 Å². The maximum absolute atomic E-state index is 11.7. The molecule has 0 radical (unpaired) electrons. The van der Waals surface area contributed by atoms with Gasteiger partial charge in [0, 0.05) is 11.6 Å². The van der Waals surface area contributed by atoms with Crippen LogP contribution >= 0.6 is 0 Å². The molecule has 2 rings (SSSR count). The lowest BCUT2D eigenvalue weighted by molar-refractivity contribution is -0.143. The van der Waals surface area contributed by atoms with Crippen molar-refractivity contribution in [3.63, 3.8) is 0 Å². The molecule has 0 aliphatic heterocycles. The molecule has 4 heteroatoms. The minimum atomic E-state index is -0.820. The zero-order valence-corrected chi connectivity index (χ0v) is 11.9. The van der Waals surface area contributed by atoms with Gasteiger partial charge in [-0.2, -0.15) is 0 Å². The summed E-state index contributed by atoms with van der Waals surface area (Å²) in [4.78, 5) is 13.6. The molecule has 1 atom stereocenters. The zero-order chi connectivity index (χ0) is 14.2. The van der Waals surface area contributed by atoms with Crippen molar-refractivity contribution in [2.24, 2.45) is 0 Å². The van der Waals surface area contributed by atoms with Gasteiger partial charge in [0.1, 0.15) is 11.8 Å². The minimum absolute atomic E-state index is 0.381. The fourth-order valence-electron chi connectivity index (χ4n) is 2.65. The zero-order valence-electron chi connectivity index (χ0n) is 11.9. The van der Waals surface area contributed by atoms with Gasteiger partial charge in [-0.1, -0.05) is 6.07 Å². The van der Waals surface area contributed by atoms with Gasteiger partial charge in [0.15, 0.2) is 0 Å². The predicted octanol–water partition coefficient (Wildman–Crippen LogP) is 2.53. The van der Waals surface area contributed by atoms with E-state index in [0.717, 1.165) is 29.5 Å². The van der Waals surface area contributed by atoms with E-state index in [0.29, 0.717) is 11.8 Å². The number of aliphatic carboxylic acids is 1. The number of carbonyl (C=O) groups is 1. The summed E-state index contributed by atoms with van der Waals surface area (Å²) in [6.07, 6.45) is 2.15. The molecule has 1 aromatic rings. The third-order valence-corrected chi connectivity index (χ3v) is 3.75. The molecule has 0 bridgehead atoms. The fraction of sp³-hybridized carbons (Fsp3) is 0.533. The van der Waals surface area contributed by atoms with Gasteiger partial charge in [0.2, 0.25) is 0 Å². The van der Waals surface area contributed by atoms with Crippen molar-refractivity contribution in [1.82, 2.24) is 4.90 Å². The molecule has 0 amide bonds. The molecule has 0 heterocycles. The summed E-state index contributed by atoms with van der Waals surface area (Å²) in [7, 11) is 3.48. The number of aryl methyl sites for hydroxylation is 2. The van der Waals surface area contributed by atoms with Crippen LogP contribution in [0.25, 0.3) is 0 Å². The second-order valence-electron chi connectivity index (χ2n) is 5.34. The van der Waals surface area contributed by atoms with Crippen LogP contribution in [-0.4, -0.2) is 36.2 Å². The number of rotatable bonds is 5. The highest BCUT2D eigenvalue weighted by atomic mass is 16.5. The van der Waals surface area contributed by atoms with Crippen molar-refractivity contribution >= 4 is 5.97 Å². The Morgan fingerprint density at radius 1 is 1.42 bits per heavy atom. The maximum atomic E-state index is 11.7. The third-order valence-electron chi connectivity index (χ3n) is 3.75. The standard InChI is InChI=1S/C15H21NO3/c1-9-7-10(2)13(12(8-9)19-4)14(15(17)18)16(3)11-5-6-11/h7-8,11,14H,5-6H2,1-4H3,(H,17,18). The van der Waals surface area contributed by atoms with Gasteiger partial charge in [0.05, 0.1) is 7.11 Å². The van der Waals surface area contributed by atoms with Crippen LogP contribution in [0.2, 0.25) is 0 Å². The Bertz CT molecular complexity index is 494. The highest BCUT2D eigenvalue weighted by molar-refractivity contribution is 5.77. The Labute approximate surface area is 114 Å². The van der Waals surface area contributed by atoms with E-state index in [2.05, 4.69) is 0 Å². The number of carboxylic acid groups (broad SMARTS) is 1. The van der Waals surface area contributed by atoms with Crippen LogP contribution in [0.15, 0.2) is 12.1 Å². The first kappa shape index (κ1) is 13.9. The molecule has 104 valence electrons. The molecule has 1 fully saturated rings. The number of ether oxygens (including phenoxy) is 1. The number of carboxylic acids is 1. The van der Waals surface area contributed by atoms with Crippen LogP contribution in [-0.2, 0) is 4.79 Å². The van der Waals surface area contributed by atoms with Gasteiger partial charge >= 0.3 is 5.97 Å². The van der Waals surface area contributed by atoms with Gasteiger partial charge in [-0.15, -0.1) is 0 Å². The first-order valence-corrected chi connectivity index (χ1v) is 6.55. The molecule has 1 aliphatic rings. The van der Waals surface area contributed by atoms with Crippen LogP contribution in [0, 0.1) is 13.8 Å². The number of likely N-dealkylation sites (N-methyl/N-ethyl adjacent to an activating group) is 1. The molecule has 0 spiro atoms. The second kappa shape index (κ2) is 5.21. The number of hydrogen-bond donors (Lipinski definition) is 1. The van der Waals surface area contributed by atoms with Crippen molar-refractivity contribution in [3.8, 4) is 5.75 Å². The summed E-state index contributed by atoms with van der Waals surface area (Å²) in [6.45, 7) is 3.93. The van der Waals surface area contributed by atoms with Gasteiger partial charge < -0.3 is 9.84 Å². The van der Waals surface area contributed by atoms with Crippen LogP contribution in [0.5, 0.6) is 5.75 Å². The lowest BCUT2D eigenvalue weighted by Gasteiger charge is -2.27. The lowest BCUT2D eigenvalue weighted by Crippen LogP contribution is -2.33. The largest absolute Gasteiger partial charge is 0.496 e. The molecule has 1 aromatic carbocycles. The average Bonchev–Trinajstić information content (AvgIpc) is 3.14. The highest BCUT2D eigenvalue weighted by Crippen LogP contribution is 2.38. The minimum Gasteiger partial charge on any atom is -0.496 e. The third kappa shape index (κ3) is 2.73. The van der Waals surface area contributed by atoms with E-state index in [9.17, 15) is 9.90 Å². The van der Waals surface area contributed by atoms with E-state index in [1.54, 1.807) is 7.11 Å². The Morgan fingerprint density at radius 3 is 2.53 bits per heavy atom. The van der Waals surface area contributed by atoms with E-state index < -0.39 is 12.0 Å². The second-order valence-corrected chi connectivity index (χ2v) is 5.34. The Kier molecular flexibility index (Phi) is 3.80. The first-order valence-electron chi connectivity index (χ1n) is 6.55. The fourth-order valence-corrected chi connectivity index (χ4v) is 2.65. The molecule has 0 saturated heterocycles. The average molecular weight is 263 g/mol. The van der Waals surface area contributed by atoms with Crippen LogP contribution in [0.4, 0.5) is 0 Å². The lowest BCUT2D eigenvalue weighted by atomic mass is 9.96. The van der Waals surface area contributed by atoms with Crippen LogP contribution in [0.1, 0.15) is 35.6 Å².